The summed E-state index contributed by atoms with van der Waals surface area (Å²) in [5.74, 6) is 0. The molecule has 166 valence electrons. The molecule has 3 aromatic rings. The molecule has 0 aliphatic heterocycles. The van der Waals surface area contributed by atoms with Gasteiger partial charge in [0, 0.05) is 25.8 Å². The van der Waals surface area contributed by atoms with E-state index in [0.717, 1.165) is 0 Å². The summed E-state index contributed by atoms with van der Waals surface area (Å²) in [7, 11) is 0. The minimum Gasteiger partial charge on any atom is -0.358 e. The van der Waals surface area contributed by atoms with Crippen molar-refractivity contribution in [1.29, 1.82) is 0 Å². The molecular weight excluding hydrogens is 503 g/mol. The van der Waals surface area contributed by atoms with Crippen LogP contribution in [0.1, 0.15) is 37.5 Å². The molecule has 0 aromatic heterocycles. The van der Waals surface area contributed by atoms with Crippen molar-refractivity contribution in [2.45, 2.75) is 40.0 Å². The summed E-state index contributed by atoms with van der Waals surface area (Å²) < 4.78 is 0. The quantitative estimate of drug-likeness (QED) is 0.194. The minimum absolute atomic E-state index is 0. The van der Waals surface area contributed by atoms with Crippen LogP contribution in [0.3, 0.4) is 0 Å². The van der Waals surface area contributed by atoms with Crippen molar-refractivity contribution >= 4 is 10.8 Å². The summed E-state index contributed by atoms with van der Waals surface area (Å²) in [6.45, 7) is 11.2. The van der Waals surface area contributed by atoms with E-state index >= 15 is 0 Å². The van der Waals surface area contributed by atoms with Gasteiger partial charge in [-0.25, -0.2) is 12.1 Å². The number of hydrogen-bond acceptors (Lipinski definition) is 0. The number of rotatable bonds is 0. The molecule has 0 saturated carbocycles. The van der Waals surface area contributed by atoms with Crippen molar-refractivity contribution in [1.82, 2.24) is 0 Å². The van der Waals surface area contributed by atoms with Crippen LogP contribution in [-0.2, 0) is 31.3 Å². The number of fused-ring (bicyclic) bond motifs is 1. The molecule has 0 fully saturated rings. The molecule has 28 heavy (non-hydrogen) atoms. The number of benzene rings is 1. The molecule has 0 bridgehead atoms. The fraction of sp³-hybridized carbons (Fsp3) is 0.222. The molecule has 3 rings (SSSR count). The molecule has 0 unspecified atom stereocenters. The van der Waals surface area contributed by atoms with Crippen LogP contribution in [0.4, 0.5) is 0 Å². The molecule has 1 heteroatoms. The molecular formula is C27H45Hf-9. The van der Waals surface area contributed by atoms with Gasteiger partial charge in [0.15, 0.2) is 0 Å². The van der Waals surface area contributed by atoms with Crippen LogP contribution < -0.4 is 0 Å². The summed E-state index contributed by atoms with van der Waals surface area (Å²) in [6, 6.07) is 19.1. The van der Waals surface area contributed by atoms with E-state index in [1.165, 1.54) is 27.5 Å². The molecule has 0 nitrogen and oxygen atoms in total. The first-order valence-corrected chi connectivity index (χ1v) is 7.23. The Bertz CT molecular complexity index is 647. The van der Waals surface area contributed by atoms with E-state index in [-0.39, 0.29) is 83.2 Å². The van der Waals surface area contributed by atoms with Crippen molar-refractivity contribution in [2.75, 3.05) is 0 Å². The van der Waals surface area contributed by atoms with Crippen LogP contribution in [-0.4, -0.2) is 0 Å². The van der Waals surface area contributed by atoms with Crippen LogP contribution in [0.5, 0.6) is 0 Å². The first kappa shape index (κ1) is 45.7. The van der Waals surface area contributed by atoms with Crippen LogP contribution in [0, 0.1) is 65.8 Å². The third-order valence-electron chi connectivity index (χ3n) is 3.75. The van der Waals surface area contributed by atoms with Gasteiger partial charge in [-0.1, -0.05) is 31.9 Å². The van der Waals surface area contributed by atoms with Gasteiger partial charge in [0.05, 0.1) is 0 Å². The zero-order valence-electron chi connectivity index (χ0n) is 20.7. The van der Waals surface area contributed by atoms with Gasteiger partial charge in [-0.15, -0.1) is 34.5 Å². The van der Waals surface area contributed by atoms with Crippen molar-refractivity contribution < 1.29 is 25.8 Å². The molecule has 0 N–H and O–H groups in total. The van der Waals surface area contributed by atoms with Crippen molar-refractivity contribution in [2.24, 2.45) is 0 Å². The van der Waals surface area contributed by atoms with Crippen LogP contribution in [0.2, 0.25) is 0 Å². The Kier molecular flexibility index (Phi) is 31.6. The van der Waals surface area contributed by atoms with E-state index in [9.17, 15) is 0 Å². The smallest absolute Gasteiger partial charge is 0 e. The average molecular weight is 548 g/mol. The largest absolute Gasteiger partial charge is 0.358 e. The summed E-state index contributed by atoms with van der Waals surface area (Å²) in [5.41, 5.74) is 4.47. The molecule has 0 spiro atoms. The summed E-state index contributed by atoms with van der Waals surface area (Å²) >= 11 is 0. The van der Waals surface area contributed by atoms with Gasteiger partial charge in [-0.3, -0.25) is 0 Å². The molecule has 0 aliphatic carbocycles. The van der Waals surface area contributed by atoms with Crippen LogP contribution in [0.25, 0.3) is 10.8 Å². The van der Waals surface area contributed by atoms with Gasteiger partial charge in [0.1, 0.15) is 0 Å². The van der Waals surface area contributed by atoms with Crippen molar-refractivity contribution in [3.05, 3.63) is 123 Å². The Labute approximate surface area is 199 Å². The fourth-order valence-electron chi connectivity index (χ4n) is 2.45. The second-order valence-corrected chi connectivity index (χ2v) is 6.48. The van der Waals surface area contributed by atoms with Gasteiger partial charge in [-0.2, -0.15) is 24.3 Å². The SMILES string of the molecule is Cc1cc2cc[c-](C(C)(C)C)c2cc1C.[CH3-].[CH3-].[CH3-].[CH3-].[CH3-].[CH3-].[CH3-].[Hf].c1cc[cH-]c1. The van der Waals surface area contributed by atoms with E-state index in [0.29, 0.717) is 0 Å². The Morgan fingerprint density at radius 3 is 1.54 bits per heavy atom. The van der Waals surface area contributed by atoms with E-state index in [1.54, 1.807) is 0 Å². The maximum absolute atomic E-state index is 2.32. The van der Waals surface area contributed by atoms with E-state index in [2.05, 4.69) is 58.9 Å². The van der Waals surface area contributed by atoms with Gasteiger partial charge >= 0.3 is 0 Å². The third-order valence-corrected chi connectivity index (χ3v) is 3.75. The first-order chi connectivity index (χ1) is 9.39. The standard InChI is InChI=1S/C15H19.C5H5.7CH3.Hf/c1-10-8-12-6-7-14(15(3,4)5)13(12)9-11(10)2;1-2-4-5-3-1;;;;;;;;/h6-9H,1-5H3;1-5H;7*1H3;/q9*-1;. The van der Waals surface area contributed by atoms with Crippen LogP contribution >= 0.6 is 0 Å². The molecule has 0 atom stereocenters. The Hall–Kier alpha value is -0.950. The Morgan fingerprint density at radius 1 is 0.750 bits per heavy atom. The van der Waals surface area contributed by atoms with Gasteiger partial charge in [0.25, 0.3) is 0 Å². The summed E-state index contributed by atoms with van der Waals surface area (Å²) in [5, 5.41) is 2.80. The van der Waals surface area contributed by atoms with Crippen molar-refractivity contribution in [3.63, 3.8) is 0 Å². The maximum atomic E-state index is 2.32. The molecule has 0 heterocycles. The predicted octanol–water partition coefficient (Wildman–Crippen LogP) is 9.03. The van der Waals surface area contributed by atoms with Gasteiger partial charge in [0.2, 0.25) is 0 Å². The molecule has 0 amide bonds. The number of hydrogen-bond donors (Lipinski definition) is 0. The van der Waals surface area contributed by atoms with E-state index < -0.39 is 0 Å². The van der Waals surface area contributed by atoms with Gasteiger partial charge in [-0.05, 0) is 19.3 Å². The summed E-state index contributed by atoms with van der Waals surface area (Å²) in [6.07, 6.45) is 0. The normalized spacial score (nSPS) is 8.04. The molecule has 3 aromatic carbocycles. The maximum Gasteiger partial charge on any atom is 0 e. The van der Waals surface area contributed by atoms with Crippen molar-refractivity contribution in [3.8, 4) is 0 Å². The van der Waals surface area contributed by atoms with Gasteiger partial charge < -0.3 is 52.0 Å². The van der Waals surface area contributed by atoms with Crippen LogP contribution in [0.15, 0.2) is 54.6 Å². The minimum atomic E-state index is 0. The zero-order valence-corrected chi connectivity index (χ0v) is 24.3. The second kappa shape index (κ2) is 19.4. The zero-order chi connectivity index (χ0) is 14.8. The monoisotopic (exact) mass is 549 g/mol. The Balaban J connectivity index is -0.0000000608. The molecule has 0 aliphatic rings. The number of aryl methyl sites for hydroxylation is 2. The Morgan fingerprint density at radius 2 is 1.18 bits per heavy atom. The molecule has 0 radical (unpaired) electrons. The average Bonchev–Trinajstić information content (AvgIpc) is 3.00. The fourth-order valence-corrected chi connectivity index (χ4v) is 2.45. The van der Waals surface area contributed by atoms with E-state index in [4.69, 9.17) is 0 Å². The predicted molar refractivity (Wildman–Crippen MR) is 135 cm³/mol. The first-order valence-electron chi connectivity index (χ1n) is 7.23. The van der Waals surface area contributed by atoms with E-state index in [1.807, 2.05) is 30.3 Å². The third kappa shape index (κ3) is 11.8. The molecule has 0 saturated heterocycles. The topological polar surface area (TPSA) is 0 Å². The summed E-state index contributed by atoms with van der Waals surface area (Å²) in [4.78, 5) is 0. The second-order valence-electron chi connectivity index (χ2n) is 6.48.